The van der Waals surface area contributed by atoms with Gasteiger partial charge in [0, 0.05) is 24.5 Å². The number of amides is 1. The minimum atomic E-state index is -3.01. The van der Waals surface area contributed by atoms with E-state index in [0.717, 1.165) is 11.4 Å². The molecule has 1 aliphatic heterocycles. The lowest BCUT2D eigenvalue weighted by Gasteiger charge is -2.23. The van der Waals surface area contributed by atoms with Crippen LogP contribution in [0, 0.1) is 0 Å². The average Bonchev–Trinajstić information content (AvgIpc) is 3.01. The largest absolute Gasteiger partial charge is 0.484 e. The molecule has 6 nitrogen and oxygen atoms in total. The number of sulfone groups is 1. The average molecular weight is 374 g/mol. The van der Waals surface area contributed by atoms with Gasteiger partial charge in [-0.1, -0.05) is 18.2 Å². The van der Waals surface area contributed by atoms with E-state index in [1.807, 2.05) is 42.5 Å². The van der Waals surface area contributed by atoms with E-state index in [-0.39, 0.29) is 30.1 Å². The van der Waals surface area contributed by atoms with Gasteiger partial charge in [0.1, 0.15) is 5.75 Å². The van der Waals surface area contributed by atoms with Gasteiger partial charge in [0.25, 0.3) is 5.91 Å². The molecule has 0 saturated carbocycles. The molecule has 26 heavy (non-hydrogen) atoms. The zero-order chi connectivity index (χ0) is 18.6. The third-order valence-corrected chi connectivity index (χ3v) is 6.18. The predicted molar refractivity (Wildman–Crippen MR) is 101 cm³/mol. The quantitative estimate of drug-likeness (QED) is 0.841. The summed E-state index contributed by atoms with van der Waals surface area (Å²) < 4.78 is 28.6. The highest BCUT2D eigenvalue weighted by Gasteiger charge is 2.32. The predicted octanol–water partition coefficient (Wildman–Crippen LogP) is 2.45. The molecule has 2 aromatic rings. The van der Waals surface area contributed by atoms with Crippen LogP contribution in [-0.4, -0.2) is 50.4 Å². The minimum absolute atomic E-state index is 0.0368. The molecule has 0 unspecified atom stereocenters. The van der Waals surface area contributed by atoms with Crippen molar-refractivity contribution in [2.75, 3.05) is 30.5 Å². The van der Waals surface area contributed by atoms with Gasteiger partial charge in [-0.25, -0.2) is 8.42 Å². The molecule has 2 aromatic carbocycles. The third kappa shape index (κ3) is 4.76. The smallest absolute Gasteiger partial charge is 0.260 e. The fourth-order valence-corrected chi connectivity index (χ4v) is 4.63. The second kappa shape index (κ2) is 7.78. The van der Waals surface area contributed by atoms with Crippen LogP contribution in [0.1, 0.15) is 6.42 Å². The van der Waals surface area contributed by atoms with Crippen LogP contribution in [0.5, 0.6) is 5.75 Å². The summed E-state index contributed by atoms with van der Waals surface area (Å²) in [5, 5.41) is 3.27. The zero-order valence-electron chi connectivity index (χ0n) is 14.6. The SMILES string of the molecule is CN(C(=O)COc1ccc(Nc2ccccc2)cc1)[C@H]1CCS(=O)(=O)C1. The Morgan fingerprint density at radius 1 is 1.12 bits per heavy atom. The molecule has 1 saturated heterocycles. The van der Waals surface area contributed by atoms with E-state index < -0.39 is 9.84 Å². The number of carbonyl (C=O) groups excluding carboxylic acids is 1. The van der Waals surface area contributed by atoms with Gasteiger partial charge in [-0.15, -0.1) is 0 Å². The van der Waals surface area contributed by atoms with Gasteiger partial charge < -0.3 is 15.0 Å². The van der Waals surface area contributed by atoms with Gasteiger partial charge in [-0.05, 0) is 42.8 Å². The normalized spacial score (nSPS) is 18.3. The first-order valence-electron chi connectivity index (χ1n) is 8.44. The summed E-state index contributed by atoms with van der Waals surface area (Å²) in [6.45, 7) is -0.113. The van der Waals surface area contributed by atoms with E-state index in [1.54, 1.807) is 19.2 Å². The first kappa shape index (κ1) is 18.3. The van der Waals surface area contributed by atoms with Gasteiger partial charge in [0.2, 0.25) is 0 Å². The van der Waals surface area contributed by atoms with Gasteiger partial charge >= 0.3 is 0 Å². The zero-order valence-corrected chi connectivity index (χ0v) is 15.4. The highest BCUT2D eigenvalue weighted by atomic mass is 32.2. The molecule has 1 atom stereocenters. The maximum atomic E-state index is 12.2. The fourth-order valence-electron chi connectivity index (χ4n) is 2.85. The number of nitrogens with zero attached hydrogens (tertiary/aromatic N) is 1. The summed E-state index contributed by atoms with van der Waals surface area (Å²) in [4.78, 5) is 13.7. The molecule has 7 heteroatoms. The topological polar surface area (TPSA) is 75.7 Å². The van der Waals surface area contributed by atoms with Gasteiger partial charge in [-0.2, -0.15) is 0 Å². The summed E-state index contributed by atoms with van der Waals surface area (Å²) in [5.41, 5.74) is 1.91. The van der Waals surface area contributed by atoms with Crippen LogP contribution >= 0.6 is 0 Å². The molecule has 3 rings (SSSR count). The first-order valence-corrected chi connectivity index (χ1v) is 10.3. The number of carbonyl (C=O) groups is 1. The molecule has 0 radical (unpaired) electrons. The maximum absolute atomic E-state index is 12.2. The molecule has 1 heterocycles. The van der Waals surface area contributed by atoms with Crippen molar-refractivity contribution in [3.63, 3.8) is 0 Å². The van der Waals surface area contributed by atoms with Gasteiger partial charge in [0.15, 0.2) is 16.4 Å². The maximum Gasteiger partial charge on any atom is 0.260 e. The Bertz CT molecular complexity index is 851. The Morgan fingerprint density at radius 2 is 1.77 bits per heavy atom. The highest BCUT2D eigenvalue weighted by molar-refractivity contribution is 7.91. The molecule has 1 amide bonds. The monoisotopic (exact) mass is 374 g/mol. The molecule has 0 aromatic heterocycles. The highest BCUT2D eigenvalue weighted by Crippen LogP contribution is 2.20. The molecule has 1 fully saturated rings. The van der Waals surface area contributed by atoms with Crippen molar-refractivity contribution in [2.24, 2.45) is 0 Å². The van der Waals surface area contributed by atoms with Crippen molar-refractivity contribution in [1.29, 1.82) is 0 Å². The second-order valence-corrected chi connectivity index (χ2v) is 8.59. The van der Waals surface area contributed by atoms with E-state index in [1.165, 1.54) is 4.90 Å². The fraction of sp³-hybridized carbons (Fsp3) is 0.316. The standard InChI is InChI=1S/C19H22N2O4S/c1-21(17-11-12-26(23,24)14-17)19(22)13-25-18-9-7-16(8-10-18)20-15-5-3-2-4-6-15/h2-10,17,20H,11-14H2,1H3/t17-/m0/s1. The Hall–Kier alpha value is -2.54. The Morgan fingerprint density at radius 3 is 2.38 bits per heavy atom. The number of nitrogens with one attached hydrogen (secondary N) is 1. The molecule has 1 N–H and O–H groups in total. The minimum Gasteiger partial charge on any atom is -0.484 e. The molecule has 0 aliphatic carbocycles. The lowest BCUT2D eigenvalue weighted by molar-refractivity contribution is -0.133. The van der Waals surface area contributed by atoms with Gasteiger partial charge in [-0.3, -0.25) is 4.79 Å². The molecule has 0 spiro atoms. The van der Waals surface area contributed by atoms with E-state index in [2.05, 4.69) is 5.32 Å². The summed E-state index contributed by atoms with van der Waals surface area (Å²) in [5.74, 6) is 0.546. The number of benzene rings is 2. The van der Waals surface area contributed by atoms with Crippen LogP contribution in [0.4, 0.5) is 11.4 Å². The number of hydrogen-bond donors (Lipinski definition) is 1. The third-order valence-electron chi connectivity index (χ3n) is 4.43. The lowest BCUT2D eigenvalue weighted by Crippen LogP contribution is -2.40. The number of rotatable bonds is 6. The van der Waals surface area contributed by atoms with Crippen LogP contribution < -0.4 is 10.1 Å². The van der Waals surface area contributed by atoms with E-state index >= 15 is 0 Å². The molecular formula is C19H22N2O4S. The summed E-state index contributed by atoms with van der Waals surface area (Å²) in [7, 11) is -1.38. The summed E-state index contributed by atoms with van der Waals surface area (Å²) >= 11 is 0. The number of anilines is 2. The van der Waals surface area contributed by atoms with Crippen molar-refractivity contribution in [3.05, 3.63) is 54.6 Å². The van der Waals surface area contributed by atoms with Crippen LogP contribution in [0.3, 0.4) is 0 Å². The van der Waals surface area contributed by atoms with Crippen LogP contribution in [0.15, 0.2) is 54.6 Å². The first-order chi connectivity index (χ1) is 12.4. The second-order valence-electron chi connectivity index (χ2n) is 6.37. The van der Waals surface area contributed by atoms with Crippen molar-refractivity contribution >= 4 is 27.1 Å². The van der Waals surface area contributed by atoms with Crippen molar-refractivity contribution in [1.82, 2.24) is 4.90 Å². The Kier molecular flexibility index (Phi) is 5.46. The van der Waals surface area contributed by atoms with Crippen LogP contribution in [-0.2, 0) is 14.6 Å². The van der Waals surface area contributed by atoms with Crippen molar-refractivity contribution < 1.29 is 17.9 Å². The molecule has 138 valence electrons. The van der Waals surface area contributed by atoms with Crippen molar-refractivity contribution in [2.45, 2.75) is 12.5 Å². The Balaban J connectivity index is 1.50. The number of ether oxygens (including phenoxy) is 1. The number of hydrogen-bond acceptors (Lipinski definition) is 5. The number of likely N-dealkylation sites (N-methyl/N-ethyl adjacent to an activating group) is 1. The summed E-state index contributed by atoms with van der Waals surface area (Å²) in [6.07, 6.45) is 0.491. The number of para-hydroxylation sites is 1. The molecule has 1 aliphatic rings. The van der Waals surface area contributed by atoms with Gasteiger partial charge in [0.05, 0.1) is 11.5 Å². The Labute approximate surface area is 153 Å². The van der Waals surface area contributed by atoms with E-state index in [0.29, 0.717) is 12.2 Å². The summed E-state index contributed by atoms with van der Waals surface area (Å²) in [6, 6.07) is 16.9. The molecular weight excluding hydrogens is 352 g/mol. The molecule has 0 bridgehead atoms. The van der Waals surface area contributed by atoms with Crippen molar-refractivity contribution in [3.8, 4) is 5.75 Å². The van der Waals surface area contributed by atoms with Crippen LogP contribution in [0.25, 0.3) is 0 Å². The van der Waals surface area contributed by atoms with Crippen LogP contribution in [0.2, 0.25) is 0 Å². The van der Waals surface area contributed by atoms with E-state index in [4.69, 9.17) is 4.74 Å². The van der Waals surface area contributed by atoms with E-state index in [9.17, 15) is 13.2 Å². The lowest BCUT2D eigenvalue weighted by atomic mass is 10.2.